The van der Waals surface area contributed by atoms with Gasteiger partial charge in [0.25, 0.3) is 0 Å². The molecule has 8 rings (SSSR count). The summed E-state index contributed by atoms with van der Waals surface area (Å²) in [5, 5.41) is 0. The zero-order valence-corrected chi connectivity index (χ0v) is 43.9. The molecule has 340 valence electrons. The molecule has 4 aromatic carbocycles. The maximum absolute atomic E-state index is 15.1. The van der Waals surface area contributed by atoms with Crippen molar-refractivity contribution in [3.8, 4) is 22.3 Å². The van der Waals surface area contributed by atoms with E-state index in [4.69, 9.17) is 0 Å². The van der Waals surface area contributed by atoms with Crippen LogP contribution in [0.5, 0.6) is 0 Å². The van der Waals surface area contributed by atoms with Gasteiger partial charge in [-0.1, -0.05) is 0 Å². The van der Waals surface area contributed by atoms with Crippen LogP contribution in [0.3, 0.4) is 0 Å². The molecule has 2 atom stereocenters. The van der Waals surface area contributed by atoms with Gasteiger partial charge in [0.05, 0.1) is 0 Å². The first kappa shape index (κ1) is 50.2. The van der Waals surface area contributed by atoms with E-state index in [2.05, 4.69) is 122 Å². The first-order chi connectivity index (χ1) is 29.4. The summed E-state index contributed by atoms with van der Waals surface area (Å²) in [6.45, 7) is 6.64. The van der Waals surface area contributed by atoms with Gasteiger partial charge in [0.1, 0.15) is 0 Å². The van der Waals surface area contributed by atoms with Crippen molar-refractivity contribution in [2.24, 2.45) is 11.8 Å². The second-order valence-corrected chi connectivity index (χ2v) is 49.0. The minimum Gasteiger partial charge on any atom is -0.147 e. The molecule has 2 saturated carbocycles. The van der Waals surface area contributed by atoms with E-state index < -0.39 is 30.0 Å². The summed E-state index contributed by atoms with van der Waals surface area (Å²) in [7, 11) is 0. The molecule has 0 heterocycles. The van der Waals surface area contributed by atoms with Crippen molar-refractivity contribution in [3.05, 3.63) is 129 Å². The Morgan fingerprint density at radius 3 is 1.29 bits per heavy atom. The average Bonchev–Trinajstić information content (AvgIpc) is 3.56. The zero-order chi connectivity index (χ0) is 42.6. The molecule has 7 heteroatoms. The number of alkyl halides is 3. The van der Waals surface area contributed by atoms with Gasteiger partial charge in [0.15, 0.2) is 0 Å². The molecule has 2 unspecified atom stereocenters. The van der Waals surface area contributed by atoms with E-state index in [0.717, 1.165) is 38.5 Å². The van der Waals surface area contributed by atoms with Crippen LogP contribution in [0.2, 0.25) is 8.76 Å². The summed E-state index contributed by atoms with van der Waals surface area (Å²) in [5.74, 6) is 1.18. The molecule has 0 aromatic heterocycles. The molecule has 0 N–H and O–H groups in total. The van der Waals surface area contributed by atoms with Gasteiger partial charge >= 0.3 is 371 Å². The molecule has 0 nitrogen and oxygen atoms in total. The van der Waals surface area contributed by atoms with Crippen LogP contribution in [-0.4, -0.2) is 13.1 Å². The van der Waals surface area contributed by atoms with Gasteiger partial charge in [-0.15, -0.1) is 24.8 Å². The van der Waals surface area contributed by atoms with E-state index in [1.54, 1.807) is 0 Å². The van der Waals surface area contributed by atoms with Crippen LogP contribution in [0, 0.1) is 11.8 Å². The SMILES string of the molecule is CCCc1ccc(-c2cccc3c2C=C(CC2CCCCCC2)[CH]3[Zr]([CH3])(=[SiH2])([CH2]CC(F)(F)F)[CH]2C(CC3CCCCCC3)=Cc3c(-c4ccc(CCC)cc4)cccc32)cc1.Cl.Cl. The van der Waals surface area contributed by atoms with Crippen LogP contribution in [0.1, 0.15) is 164 Å². The van der Waals surface area contributed by atoms with Gasteiger partial charge in [-0.05, 0) is 0 Å². The van der Waals surface area contributed by atoms with Crippen molar-refractivity contribution >= 4 is 43.8 Å². The molecule has 0 radical (unpaired) electrons. The molecule has 0 aliphatic heterocycles. The molecule has 4 aliphatic carbocycles. The van der Waals surface area contributed by atoms with Crippen molar-refractivity contribution in [2.75, 3.05) is 0 Å². The third-order valence-corrected chi connectivity index (χ3v) is 38.7. The Bertz CT molecular complexity index is 2130. The van der Waals surface area contributed by atoms with Gasteiger partial charge in [0.2, 0.25) is 0 Å². The van der Waals surface area contributed by atoms with Gasteiger partial charge < -0.3 is 0 Å². The molecule has 0 bridgehead atoms. The molecule has 2 fully saturated rings. The van der Waals surface area contributed by atoms with E-state index in [1.807, 2.05) is 0 Å². The minimum absolute atomic E-state index is 0. The van der Waals surface area contributed by atoms with Crippen LogP contribution < -0.4 is 0 Å². The molecule has 0 amide bonds. The van der Waals surface area contributed by atoms with E-state index >= 15 is 13.2 Å². The van der Waals surface area contributed by atoms with Crippen LogP contribution in [-0.2, 0) is 30.2 Å². The quantitative estimate of drug-likeness (QED) is 0.0872. The average molecular weight is 993 g/mol. The van der Waals surface area contributed by atoms with Crippen molar-refractivity contribution in [1.29, 1.82) is 0 Å². The van der Waals surface area contributed by atoms with Crippen molar-refractivity contribution < 1.29 is 30.6 Å². The van der Waals surface area contributed by atoms with Crippen LogP contribution >= 0.6 is 24.8 Å². The molecule has 4 aromatic rings. The van der Waals surface area contributed by atoms with Gasteiger partial charge in [-0.3, -0.25) is 0 Å². The standard InChI is InChI=1S/2C26H31.C3H4F3.CH3.2ClH.H2Si.Zr/c2*1-2-8-20-13-15-23(16-14-20)25-12-7-11-24-18-22(19-26(24)25)17-21-9-5-3-4-6-10-21;1-2-3(4,5)6;;;;;/h2*7,11-16,18-19,21H,2-6,8-10,17H2,1H3;1-2H2;1H3;2*1H;1H2;. The van der Waals surface area contributed by atoms with E-state index in [0.29, 0.717) is 11.8 Å². The summed E-state index contributed by atoms with van der Waals surface area (Å²) in [6, 6.07) is 32.0. The van der Waals surface area contributed by atoms with E-state index in [-0.39, 0.29) is 36.2 Å². The smallest absolute Gasteiger partial charge is 0.147 e. The summed E-state index contributed by atoms with van der Waals surface area (Å²) >= 11 is -4.84. The summed E-state index contributed by atoms with van der Waals surface area (Å²) in [5.41, 5.74) is 15.8. The first-order valence-electron chi connectivity index (χ1n) is 24.4. The molecule has 0 spiro atoms. The Kier molecular flexibility index (Phi) is 17.3. The van der Waals surface area contributed by atoms with Crippen molar-refractivity contribution in [1.82, 2.24) is 0 Å². The van der Waals surface area contributed by atoms with Crippen LogP contribution in [0.15, 0.2) is 96.1 Å². The molecular weight excluding hydrogens is 920 g/mol. The number of aryl methyl sites for hydroxylation is 2. The number of rotatable bonds is 14. The number of allylic oxidation sites excluding steroid dienone is 2. The fourth-order valence-corrected chi connectivity index (χ4v) is 36.6. The molecule has 0 saturated heterocycles. The molecular formula is C56H73Cl2F3SiZr. The Morgan fingerprint density at radius 1 is 0.556 bits per heavy atom. The van der Waals surface area contributed by atoms with Crippen LogP contribution in [0.4, 0.5) is 13.2 Å². The van der Waals surface area contributed by atoms with E-state index in [1.165, 1.54) is 144 Å². The summed E-state index contributed by atoms with van der Waals surface area (Å²) in [6.07, 6.45) is 21.7. The fourth-order valence-electron chi connectivity index (χ4n) is 12.9. The third kappa shape index (κ3) is 11.2. The second kappa shape index (κ2) is 21.6. The monoisotopic (exact) mass is 990 g/mol. The number of hydrogen-bond donors (Lipinski definition) is 0. The Labute approximate surface area is 393 Å². The third-order valence-electron chi connectivity index (χ3n) is 15.8. The fraction of sp³-hybridized carbons (Fsp3) is 0.500. The predicted octanol–water partition coefficient (Wildman–Crippen LogP) is 17.7. The number of halogens is 5. The Morgan fingerprint density at radius 2 is 0.937 bits per heavy atom. The number of fused-ring (bicyclic) bond motifs is 2. The summed E-state index contributed by atoms with van der Waals surface area (Å²) < 4.78 is 48.3. The largest absolute Gasteiger partial charge is 0.147 e. The predicted molar refractivity (Wildman–Crippen MR) is 269 cm³/mol. The topological polar surface area (TPSA) is 0 Å². The number of hydrogen-bond acceptors (Lipinski definition) is 0. The number of benzene rings is 4. The van der Waals surface area contributed by atoms with Crippen molar-refractivity contribution in [2.45, 2.75) is 158 Å². The Hall–Kier alpha value is -2.17. The van der Waals surface area contributed by atoms with E-state index in [9.17, 15) is 0 Å². The Balaban J connectivity index is 0.00000330. The summed E-state index contributed by atoms with van der Waals surface area (Å²) in [4.78, 5) is 0. The maximum Gasteiger partial charge on any atom is -0.147 e. The van der Waals surface area contributed by atoms with Gasteiger partial charge in [-0.2, -0.15) is 0 Å². The van der Waals surface area contributed by atoms with Gasteiger partial charge in [0, 0.05) is 0 Å². The molecule has 63 heavy (non-hydrogen) atoms. The van der Waals surface area contributed by atoms with Crippen LogP contribution in [0.25, 0.3) is 34.4 Å². The normalized spacial score (nSPS) is 19.8. The second-order valence-electron chi connectivity index (χ2n) is 20.6. The zero-order valence-electron chi connectivity index (χ0n) is 38.3. The minimum atomic E-state index is -4.84. The maximum atomic E-state index is 15.1. The van der Waals surface area contributed by atoms with Gasteiger partial charge in [-0.25, -0.2) is 0 Å². The molecule has 4 aliphatic rings. The van der Waals surface area contributed by atoms with Crippen molar-refractivity contribution in [3.63, 3.8) is 0 Å². The first-order valence-corrected chi connectivity index (χ1v) is 37.4.